The van der Waals surface area contributed by atoms with E-state index < -0.39 is 5.91 Å². The average molecular weight is 360 g/mol. The van der Waals surface area contributed by atoms with E-state index in [0.717, 1.165) is 31.4 Å². The quantitative estimate of drug-likeness (QED) is 0.761. The summed E-state index contributed by atoms with van der Waals surface area (Å²) >= 11 is 7.38. The van der Waals surface area contributed by atoms with Crippen LogP contribution in [0.25, 0.3) is 4.96 Å². The first kappa shape index (κ1) is 15.4. The lowest BCUT2D eigenvalue weighted by Crippen LogP contribution is -2.27. The van der Waals surface area contributed by atoms with Crippen molar-refractivity contribution in [2.45, 2.75) is 25.7 Å². The number of carbonyl (C=O) groups is 1. The maximum absolute atomic E-state index is 12.8. The molecule has 0 unspecified atom stereocenters. The molecule has 122 valence electrons. The molecule has 2 aromatic heterocycles. The molecule has 2 heterocycles. The number of carbonyl (C=O) groups excluding carboxylic acids is 1. The van der Waals surface area contributed by atoms with E-state index in [1.165, 1.54) is 11.1 Å². The van der Waals surface area contributed by atoms with Gasteiger partial charge in [-0.25, -0.2) is 4.98 Å². The van der Waals surface area contributed by atoms with Crippen LogP contribution in [0.5, 0.6) is 0 Å². The highest BCUT2D eigenvalue weighted by Crippen LogP contribution is 2.28. The van der Waals surface area contributed by atoms with E-state index in [-0.39, 0.29) is 11.1 Å². The van der Waals surface area contributed by atoms with Gasteiger partial charge in [-0.3, -0.25) is 14.0 Å². The van der Waals surface area contributed by atoms with E-state index in [4.69, 9.17) is 11.6 Å². The number of amides is 1. The van der Waals surface area contributed by atoms with Crippen molar-refractivity contribution < 1.29 is 4.79 Å². The first-order valence-electron chi connectivity index (χ1n) is 7.73. The Balaban J connectivity index is 1.74. The zero-order valence-corrected chi connectivity index (χ0v) is 14.3. The number of aryl methyl sites for hydroxylation is 2. The van der Waals surface area contributed by atoms with Crippen LogP contribution in [0.15, 0.2) is 35.3 Å². The van der Waals surface area contributed by atoms with Gasteiger partial charge in [0.1, 0.15) is 5.56 Å². The molecular formula is C17H14ClN3O2S. The third-order valence-electron chi connectivity index (χ3n) is 4.15. The number of benzene rings is 1. The van der Waals surface area contributed by atoms with Crippen molar-refractivity contribution in [3.63, 3.8) is 0 Å². The van der Waals surface area contributed by atoms with Gasteiger partial charge in [0.2, 0.25) is 0 Å². The Morgan fingerprint density at radius 2 is 1.96 bits per heavy atom. The van der Waals surface area contributed by atoms with Gasteiger partial charge in [-0.2, -0.15) is 0 Å². The van der Waals surface area contributed by atoms with Gasteiger partial charge in [-0.05, 0) is 49.9 Å². The molecule has 0 saturated carbocycles. The molecule has 5 nitrogen and oxygen atoms in total. The van der Waals surface area contributed by atoms with E-state index in [1.54, 1.807) is 40.0 Å². The minimum atomic E-state index is -0.458. The molecule has 1 amide bonds. The summed E-state index contributed by atoms with van der Waals surface area (Å²) in [5.41, 5.74) is 1.35. The lowest BCUT2D eigenvalue weighted by molar-refractivity contribution is 0.102. The Labute approximate surface area is 146 Å². The van der Waals surface area contributed by atoms with E-state index in [0.29, 0.717) is 15.7 Å². The Bertz CT molecular complexity index is 991. The van der Waals surface area contributed by atoms with Gasteiger partial charge in [-0.1, -0.05) is 11.6 Å². The summed E-state index contributed by atoms with van der Waals surface area (Å²) in [5, 5.41) is 3.30. The molecule has 3 aromatic rings. The van der Waals surface area contributed by atoms with Crippen molar-refractivity contribution in [3.8, 4) is 0 Å². The summed E-state index contributed by atoms with van der Waals surface area (Å²) in [6, 6.07) is 6.74. The van der Waals surface area contributed by atoms with Gasteiger partial charge >= 0.3 is 0 Å². The smallest absolute Gasteiger partial charge is 0.271 e. The number of nitrogens with zero attached hydrogens (tertiary/aromatic N) is 2. The molecule has 1 aliphatic rings. The van der Waals surface area contributed by atoms with E-state index in [9.17, 15) is 9.59 Å². The topological polar surface area (TPSA) is 63.5 Å². The molecule has 0 spiro atoms. The van der Waals surface area contributed by atoms with Crippen LogP contribution < -0.4 is 10.9 Å². The largest absolute Gasteiger partial charge is 0.322 e. The zero-order valence-electron chi connectivity index (χ0n) is 12.7. The van der Waals surface area contributed by atoms with Gasteiger partial charge in [0.05, 0.1) is 0 Å². The monoisotopic (exact) mass is 359 g/mol. The van der Waals surface area contributed by atoms with E-state index >= 15 is 0 Å². The Hall–Kier alpha value is -2.18. The maximum atomic E-state index is 12.8. The second-order valence-electron chi connectivity index (χ2n) is 5.74. The number of fused-ring (bicyclic) bond motifs is 3. The minimum Gasteiger partial charge on any atom is -0.322 e. The summed E-state index contributed by atoms with van der Waals surface area (Å²) in [6.07, 6.45) is 5.41. The Kier molecular flexibility index (Phi) is 3.86. The summed E-state index contributed by atoms with van der Waals surface area (Å²) < 4.78 is 1.61. The van der Waals surface area contributed by atoms with Gasteiger partial charge in [0.15, 0.2) is 4.96 Å². The second-order valence-corrected chi connectivity index (χ2v) is 7.23. The Morgan fingerprint density at radius 3 is 2.75 bits per heavy atom. The molecule has 1 aliphatic carbocycles. The summed E-state index contributed by atoms with van der Waals surface area (Å²) in [4.78, 5) is 31.4. The Morgan fingerprint density at radius 1 is 1.21 bits per heavy atom. The van der Waals surface area contributed by atoms with Crippen molar-refractivity contribution in [3.05, 3.63) is 62.0 Å². The molecular weight excluding hydrogens is 346 g/mol. The predicted molar refractivity (Wildman–Crippen MR) is 95.4 cm³/mol. The van der Waals surface area contributed by atoms with Crippen LogP contribution in [-0.4, -0.2) is 15.3 Å². The van der Waals surface area contributed by atoms with Gasteiger partial charge < -0.3 is 5.32 Å². The normalized spacial score (nSPS) is 13.7. The molecule has 0 radical (unpaired) electrons. The van der Waals surface area contributed by atoms with E-state index in [2.05, 4.69) is 10.3 Å². The third-order valence-corrected chi connectivity index (χ3v) is 5.56. The maximum Gasteiger partial charge on any atom is 0.271 e. The lowest BCUT2D eigenvalue weighted by Gasteiger charge is -2.10. The number of halogens is 1. The zero-order chi connectivity index (χ0) is 16.7. The fraction of sp³-hybridized carbons (Fsp3) is 0.235. The molecule has 0 fully saturated rings. The first-order valence-corrected chi connectivity index (χ1v) is 8.92. The summed E-state index contributed by atoms with van der Waals surface area (Å²) in [5.74, 6) is -0.458. The average Bonchev–Trinajstić information content (AvgIpc) is 2.96. The number of thiazole rings is 1. The van der Waals surface area contributed by atoms with E-state index in [1.807, 2.05) is 0 Å². The molecule has 1 N–H and O–H groups in total. The highest BCUT2D eigenvalue weighted by molar-refractivity contribution is 7.17. The highest BCUT2D eigenvalue weighted by Gasteiger charge is 2.21. The number of anilines is 1. The third kappa shape index (κ3) is 2.61. The minimum absolute atomic E-state index is 0.0497. The van der Waals surface area contributed by atoms with Gasteiger partial charge in [0.25, 0.3) is 11.5 Å². The van der Waals surface area contributed by atoms with Crippen LogP contribution in [0.3, 0.4) is 0 Å². The fourth-order valence-electron chi connectivity index (χ4n) is 2.96. The molecule has 1 aromatic carbocycles. The lowest BCUT2D eigenvalue weighted by atomic mass is 10.0. The highest BCUT2D eigenvalue weighted by atomic mass is 35.5. The number of aromatic nitrogens is 2. The standard InChI is InChI=1S/C17H14ClN3O2S/c18-10-5-7-11(8-6-10)20-15(22)12-9-19-17-21(16(12)23)13-3-1-2-4-14(13)24-17/h5-9H,1-4H2,(H,20,22). The van der Waals surface area contributed by atoms with Crippen molar-refractivity contribution in [1.82, 2.24) is 9.38 Å². The molecule has 24 heavy (non-hydrogen) atoms. The number of hydrogen-bond acceptors (Lipinski definition) is 4. The van der Waals surface area contributed by atoms with Crippen molar-refractivity contribution in [2.75, 3.05) is 5.32 Å². The van der Waals surface area contributed by atoms with Crippen LogP contribution in [0.2, 0.25) is 5.02 Å². The summed E-state index contributed by atoms with van der Waals surface area (Å²) in [7, 11) is 0. The van der Waals surface area contributed by atoms with Crippen LogP contribution in [-0.2, 0) is 12.8 Å². The molecule has 4 rings (SSSR count). The van der Waals surface area contributed by atoms with Crippen molar-refractivity contribution in [2.24, 2.45) is 0 Å². The predicted octanol–water partition coefficient (Wildman–Crippen LogP) is 3.54. The number of rotatable bonds is 2. The molecule has 7 heteroatoms. The molecule has 0 atom stereocenters. The van der Waals surface area contributed by atoms with Crippen molar-refractivity contribution >= 4 is 39.5 Å². The van der Waals surface area contributed by atoms with Crippen LogP contribution in [0.4, 0.5) is 5.69 Å². The molecule has 0 saturated heterocycles. The molecule has 0 aliphatic heterocycles. The van der Waals surface area contributed by atoms with Crippen LogP contribution in [0, 0.1) is 0 Å². The molecule has 0 bridgehead atoms. The second kappa shape index (κ2) is 6.03. The van der Waals surface area contributed by atoms with Gasteiger partial charge in [-0.15, -0.1) is 11.3 Å². The van der Waals surface area contributed by atoms with Crippen LogP contribution in [0.1, 0.15) is 33.8 Å². The van der Waals surface area contributed by atoms with Crippen LogP contribution >= 0.6 is 22.9 Å². The van der Waals surface area contributed by atoms with Gasteiger partial charge in [0, 0.05) is 27.5 Å². The first-order chi connectivity index (χ1) is 11.6. The fourth-order valence-corrected chi connectivity index (χ4v) is 4.25. The van der Waals surface area contributed by atoms with Crippen molar-refractivity contribution in [1.29, 1.82) is 0 Å². The number of nitrogens with one attached hydrogen (secondary N) is 1. The SMILES string of the molecule is O=C(Nc1ccc(Cl)cc1)c1cnc2sc3c(n2c1=O)CCCC3. The summed E-state index contributed by atoms with van der Waals surface area (Å²) in [6.45, 7) is 0. The number of hydrogen-bond donors (Lipinski definition) is 1.